The fourth-order valence-electron chi connectivity index (χ4n) is 1.83. The van der Waals surface area contributed by atoms with Crippen LogP contribution in [0.3, 0.4) is 0 Å². The molecule has 0 aliphatic carbocycles. The molecule has 0 radical (unpaired) electrons. The lowest BCUT2D eigenvalue weighted by Crippen LogP contribution is -2.28. The van der Waals surface area contributed by atoms with E-state index in [9.17, 15) is 0 Å². The highest BCUT2D eigenvalue weighted by Crippen LogP contribution is 2.13. The zero-order valence-electron chi connectivity index (χ0n) is 11.2. The maximum atomic E-state index is 5.28. The number of benzene rings is 1. The molecule has 0 spiro atoms. The van der Waals surface area contributed by atoms with Gasteiger partial charge in [0, 0.05) is 13.1 Å². The molecule has 2 aromatic rings. The van der Waals surface area contributed by atoms with Gasteiger partial charge in [0.05, 0.1) is 17.6 Å². The monoisotopic (exact) mass is 274 g/mol. The first-order valence-corrected chi connectivity index (χ1v) is 6.72. The van der Waals surface area contributed by atoms with E-state index in [1.165, 1.54) is 5.56 Å². The molecule has 0 aliphatic heterocycles. The second-order valence-electron chi connectivity index (χ2n) is 4.25. The lowest BCUT2D eigenvalue weighted by molar-refractivity contribution is 0.640. The number of anilines is 1. The van der Waals surface area contributed by atoms with E-state index in [0.29, 0.717) is 11.7 Å². The fourth-order valence-corrected chi connectivity index (χ4v) is 2.01. The molecule has 0 aliphatic rings. The summed E-state index contributed by atoms with van der Waals surface area (Å²) in [4.78, 5) is 0. The number of nitrogens with one attached hydrogen (secondary N) is 2. The van der Waals surface area contributed by atoms with Gasteiger partial charge in [-0.2, -0.15) is 5.10 Å². The van der Waals surface area contributed by atoms with Gasteiger partial charge in [-0.15, -0.1) is 0 Å². The van der Waals surface area contributed by atoms with E-state index in [1.54, 1.807) is 6.20 Å². The van der Waals surface area contributed by atoms with Crippen LogP contribution >= 0.6 is 12.2 Å². The minimum absolute atomic E-state index is 0.614. The van der Waals surface area contributed by atoms with Gasteiger partial charge in [-0.3, -0.25) is 4.68 Å². The molecule has 0 atom stereocenters. The molecule has 2 N–H and O–H groups in total. The van der Waals surface area contributed by atoms with Crippen molar-refractivity contribution in [3.63, 3.8) is 0 Å². The third kappa shape index (κ3) is 3.54. The molecule has 0 saturated heterocycles. The van der Waals surface area contributed by atoms with E-state index in [2.05, 4.69) is 34.8 Å². The minimum atomic E-state index is 0.614. The van der Waals surface area contributed by atoms with Crippen molar-refractivity contribution in [2.45, 2.75) is 26.9 Å². The number of hydrogen-bond acceptors (Lipinski definition) is 2. The summed E-state index contributed by atoms with van der Waals surface area (Å²) in [7, 11) is 0. The van der Waals surface area contributed by atoms with Crippen molar-refractivity contribution in [2.75, 3.05) is 5.32 Å². The summed E-state index contributed by atoms with van der Waals surface area (Å²) in [6, 6.07) is 10.2. The first kappa shape index (κ1) is 13.5. The second-order valence-corrected chi connectivity index (χ2v) is 4.66. The van der Waals surface area contributed by atoms with Crippen LogP contribution in [0.25, 0.3) is 0 Å². The van der Waals surface area contributed by atoms with Gasteiger partial charge in [0.2, 0.25) is 0 Å². The lowest BCUT2D eigenvalue weighted by Gasteiger charge is -2.10. The Bertz CT molecular complexity index is 548. The smallest absolute Gasteiger partial charge is 0.171 e. The molecule has 0 saturated carbocycles. The zero-order valence-corrected chi connectivity index (χ0v) is 12.0. The Morgan fingerprint density at radius 2 is 2.05 bits per heavy atom. The van der Waals surface area contributed by atoms with Gasteiger partial charge in [-0.05, 0) is 31.6 Å². The average Bonchev–Trinajstić information content (AvgIpc) is 2.78. The number of nitrogens with zero attached hydrogens (tertiary/aromatic N) is 2. The molecular formula is C14H18N4S. The van der Waals surface area contributed by atoms with Crippen LogP contribution in [0.5, 0.6) is 0 Å². The molecule has 100 valence electrons. The third-order valence-electron chi connectivity index (χ3n) is 2.95. The molecule has 4 nitrogen and oxygen atoms in total. The number of thiocarbonyl (C=S) groups is 1. The van der Waals surface area contributed by atoms with E-state index in [1.807, 2.05) is 29.8 Å². The molecule has 0 fully saturated rings. The van der Waals surface area contributed by atoms with Crippen LogP contribution < -0.4 is 10.6 Å². The summed E-state index contributed by atoms with van der Waals surface area (Å²) in [6.07, 6.45) is 1.80. The third-order valence-corrected chi connectivity index (χ3v) is 3.19. The van der Waals surface area contributed by atoms with Crippen LogP contribution in [0.2, 0.25) is 0 Å². The summed E-state index contributed by atoms with van der Waals surface area (Å²) in [5, 5.41) is 11.2. The molecule has 1 heterocycles. The van der Waals surface area contributed by atoms with Crippen molar-refractivity contribution in [3.05, 3.63) is 47.8 Å². The molecule has 0 unspecified atom stereocenters. The van der Waals surface area contributed by atoms with E-state index < -0.39 is 0 Å². The van der Waals surface area contributed by atoms with Gasteiger partial charge in [-0.25, -0.2) is 0 Å². The van der Waals surface area contributed by atoms with Crippen LogP contribution in [0.4, 0.5) is 5.69 Å². The predicted octanol–water partition coefficient (Wildman–Crippen LogP) is 2.70. The average molecular weight is 274 g/mol. The Kier molecular flexibility index (Phi) is 4.52. The molecular weight excluding hydrogens is 256 g/mol. The van der Waals surface area contributed by atoms with Crippen molar-refractivity contribution in [3.8, 4) is 0 Å². The van der Waals surface area contributed by atoms with E-state index >= 15 is 0 Å². The molecule has 5 heteroatoms. The summed E-state index contributed by atoms with van der Waals surface area (Å²) >= 11 is 5.28. The normalized spacial score (nSPS) is 10.2. The van der Waals surface area contributed by atoms with Crippen molar-refractivity contribution in [2.24, 2.45) is 0 Å². The molecule has 19 heavy (non-hydrogen) atoms. The highest BCUT2D eigenvalue weighted by atomic mass is 32.1. The fraction of sp³-hybridized carbons (Fsp3) is 0.286. The number of hydrogen-bond donors (Lipinski definition) is 2. The maximum Gasteiger partial charge on any atom is 0.171 e. The van der Waals surface area contributed by atoms with Crippen LogP contribution in [0.1, 0.15) is 18.2 Å². The zero-order chi connectivity index (χ0) is 13.7. The van der Waals surface area contributed by atoms with E-state index in [0.717, 1.165) is 17.9 Å². The van der Waals surface area contributed by atoms with Gasteiger partial charge < -0.3 is 10.6 Å². The van der Waals surface area contributed by atoms with E-state index in [4.69, 9.17) is 12.2 Å². The number of rotatable bonds is 4. The van der Waals surface area contributed by atoms with E-state index in [-0.39, 0.29) is 0 Å². The van der Waals surface area contributed by atoms with Gasteiger partial charge in [0.15, 0.2) is 5.11 Å². The Balaban J connectivity index is 1.89. The first-order chi connectivity index (χ1) is 9.20. The predicted molar refractivity (Wildman–Crippen MR) is 82.1 cm³/mol. The largest absolute Gasteiger partial charge is 0.358 e. The van der Waals surface area contributed by atoms with Crippen LogP contribution in [0, 0.1) is 6.92 Å². The van der Waals surface area contributed by atoms with Crippen molar-refractivity contribution >= 4 is 23.0 Å². The Labute approximate surface area is 118 Å². The Morgan fingerprint density at radius 3 is 2.68 bits per heavy atom. The van der Waals surface area contributed by atoms with Gasteiger partial charge in [-0.1, -0.05) is 30.3 Å². The Hall–Kier alpha value is -1.88. The van der Waals surface area contributed by atoms with Crippen LogP contribution in [-0.2, 0) is 13.1 Å². The van der Waals surface area contributed by atoms with Gasteiger partial charge >= 0.3 is 0 Å². The molecule has 1 aromatic heterocycles. The molecule has 0 amide bonds. The number of aryl methyl sites for hydroxylation is 1. The molecule has 1 aromatic carbocycles. The van der Waals surface area contributed by atoms with Gasteiger partial charge in [0.25, 0.3) is 0 Å². The summed E-state index contributed by atoms with van der Waals surface area (Å²) in [5.41, 5.74) is 3.24. The Morgan fingerprint density at radius 1 is 1.32 bits per heavy atom. The SMILES string of the molecule is CCn1ncc(NC(=S)NCc2ccccc2)c1C. The quantitative estimate of drug-likeness (QED) is 0.841. The highest BCUT2D eigenvalue weighted by molar-refractivity contribution is 7.80. The maximum absolute atomic E-state index is 5.28. The van der Waals surface area contributed by atoms with Crippen molar-refractivity contribution in [1.82, 2.24) is 15.1 Å². The molecule has 2 rings (SSSR count). The summed E-state index contributed by atoms with van der Waals surface area (Å²) < 4.78 is 1.93. The highest BCUT2D eigenvalue weighted by Gasteiger charge is 2.06. The summed E-state index contributed by atoms with van der Waals surface area (Å²) in [6.45, 7) is 5.67. The van der Waals surface area contributed by atoms with Crippen LogP contribution in [0.15, 0.2) is 36.5 Å². The standard InChI is InChI=1S/C14H18N4S/c1-3-18-11(2)13(10-16-18)17-14(19)15-9-12-7-5-4-6-8-12/h4-8,10H,3,9H2,1-2H3,(H2,15,17,19). The van der Waals surface area contributed by atoms with Gasteiger partial charge in [0.1, 0.15) is 0 Å². The van der Waals surface area contributed by atoms with Crippen molar-refractivity contribution < 1.29 is 0 Å². The molecule has 0 bridgehead atoms. The lowest BCUT2D eigenvalue weighted by atomic mass is 10.2. The first-order valence-electron chi connectivity index (χ1n) is 6.32. The van der Waals surface area contributed by atoms with Crippen molar-refractivity contribution in [1.29, 1.82) is 0 Å². The van der Waals surface area contributed by atoms with Crippen LogP contribution in [-0.4, -0.2) is 14.9 Å². The minimum Gasteiger partial charge on any atom is -0.358 e. The summed E-state index contributed by atoms with van der Waals surface area (Å²) in [5.74, 6) is 0. The number of aromatic nitrogens is 2. The topological polar surface area (TPSA) is 41.9 Å². The second kappa shape index (κ2) is 6.33.